The highest BCUT2D eigenvalue weighted by Crippen LogP contribution is 2.04. The highest BCUT2D eigenvalue weighted by atomic mass is 32.1. The van der Waals surface area contributed by atoms with E-state index in [9.17, 15) is 0 Å². The van der Waals surface area contributed by atoms with Gasteiger partial charge in [-0.25, -0.2) is 0 Å². The lowest BCUT2D eigenvalue weighted by Gasteiger charge is -1.95. The normalized spacial score (nSPS) is 10.0. The van der Waals surface area contributed by atoms with Crippen LogP contribution in [-0.2, 0) is 0 Å². The zero-order valence-electron chi connectivity index (χ0n) is 6.27. The van der Waals surface area contributed by atoms with Crippen LogP contribution in [0.2, 0.25) is 0 Å². The maximum atomic E-state index is 4.14. The summed E-state index contributed by atoms with van der Waals surface area (Å²) >= 11 is 4.14. The van der Waals surface area contributed by atoms with E-state index in [-0.39, 0.29) is 0 Å². The second-order valence-corrected chi connectivity index (χ2v) is 2.78. The first-order valence-electron chi connectivity index (χ1n) is 3.80. The van der Waals surface area contributed by atoms with Crippen molar-refractivity contribution in [2.45, 2.75) is 39.0 Å². The van der Waals surface area contributed by atoms with Crippen LogP contribution in [0, 0.1) is 6.42 Å². The van der Waals surface area contributed by atoms with Gasteiger partial charge in [0.1, 0.15) is 0 Å². The molecule has 0 heterocycles. The topological polar surface area (TPSA) is 0 Å². The molecule has 0 aliphatic heterocycles. The largest absolute Gasteiger partial charge is 0.179 e. The summed E-state index contributed by atoms with van der Waals surface area (Å²) in [5, 5.41) is 0. The zero-order valence-corrected chi connectivity index (χ0v) is 7.16. The Morgan fingerprint density at radius 3 is 2.33 bits per heavy atom. The third kappa shape index (κ3) is 8.35. The van der Waals surface area contributed by atoms with Crippen molar-refractivity contribution < 1.29 is 0 Å². The van der Waals surface area contributed by atoms with Gasteiger partial charge >= 0.3 is 0 Å². The van der Waals surface area contributed by atoms with Gasteiger partial charge in [-0.15, -0.1) is 0 Å². The fourth-order valence-electron chi connectivity index (χ4n) is 0.814. The molecule has 0 bridgehead atoms. The number of hydrogen-bond donors (Lipinski definition) is 1. The minimum Gasteiger partial charge on any atom is -0.179 e. The molecule has 0 spiro atoms. The predicted molar refractivity (Wildman–Crippen MR) is 46.9 cm³/mol. The Balaban J connectivity index is 2.60. The smallest absolute Gasteiger partial charge is 0.00979 e. The van der Waals surface area contributed by atoms with Crippen molar-refractivity contribution in [1.29, 1.82) is 0 Å². The van der Waals surface area contributed by atoms with E-state index < -0.39 is 0 Å². The third-order valence-electron chi connectivity index (χ3n) is 1.40. The molecule has 1 radical (unpaired) electrons. The van der Waals surface area contributed by atoms with Crippen LogP contribution in [0.25, 0.3) is 0 Å². The number of thiol groups is 1. The minimum atomic E-state index is 1.05. The van der Waals surface area contributed by atoms with Crippen LogP contribution in [0.5, 0.6) is 0 Å². The second-order valence-electron chi connectivity index (χ2n) is 2.33. The molecule has 0 fully saturated rings. The molecule has 0 aromatic rings. The fourth-order valence-corrected chi connectivity index (χ4v) is 1.04. The summed E-state index contributed by atoms with van der Waals surface area (Å²) in [6.45, 7) is 2.12. The van der Waals surface area contributed by atoms with Crippen molar-refractivity contribution in [2.24, 2.45) is 0 Å². The van der Waals surface area contributed by atoms with E-state index in [1.54, 1.807) is 0 Å². The summed E-state index contributed by atoms with van der Waals surface area (Å²) in [6, 6.07) is 0. The van der Waals surface area contributed by atoms with Gasteiger partial charge < -0.3 is 0 Å². The molecule has 1 heteroatoms. The molecule has 0 aromatic heterocycles. The molecule has 0 saturated heterocycles. The zero-order chi connectivity index (χ0) is 6.95. The molecule has 0 amide bonds. The lowest BCUT2D eigenvalue weighted by Crippen LogP contribution is -1.78. The van der Waals surface area contributed by atoms with Gasteiger partial charge in [-0.05, 0) is 18.6 Å². The molecule has 9 heavy (non-hydrogen) atoms. The summed E-state index contributed by atoms with van der Waals surface area (Å²) in [7, 11) is 0. The number of hydrogen-bond acceptors (Lipinski definition) is 1. The van der Waals surface area contributed by atoms with Gasteiger partial charge in [0.05, 0.1) is 0 Å². The predicted octanol–water partition coefficient (Wildman–Crippen LogP) is 3.09. The van der Waals surface area contributed by atoms with Crippen LogP contribution in [0.1, 0.15) is 39.0 Å². The Morgan fingerprint density at radius 2 is 1.78 bits per heavy atom. The monoisotopic (exact) mass is 145 g/mol. The molecule has 0 aliphatic carbocycles. The lowest BCUT2D eigenvalue weighted by molar-refractivity contribution is 0.666. The van der Waals surface area contributed by atoms with E-state index in [4.69, 9.17) is 0 Å². The first-order chi connectivity index (χ1) is 4.41. The average Bonchev–Trinajstić information content (AvgIpc) is 1.89. The van der Waals surface area contributed by atoms with Crippen molar-refractivity contribution in [3.05, 3.63) is 6.42 Å². The molecule has 0 unspecified atom stereocenters. The van der Waals surface area contributed by atoms with Gasteiger partial charge in [-0.2, -0.15) is 12.6 Å². The Bertz CT molecular complexity index is 37.8. The van der Waals surface area contributed by atoms with E-state index in [0.717, 1.165) is 5.75 Å². The second kappa shape index (κ2) is 8.35. The Morgan fingerprint density at radius 1 is 1.11 bits per heavy atom. The van der Waals surface area contributed by atoms with Gasteiger partial charge in [0.15, 0.2) is 0 Å². The number of unbranched alkanes of at least 4 members (excludes halogenated alkanes) is 5. The van der Waals surface area contributed by atoms with E-state index in [2.05, 4.69) is 26.0 Å². The van der Waals surface area contributed by atoms with Crippen LogP contribution < -0.4 is 0 Å². The van der Waals surface area contributed by atoms with Crippen LogP contribution in [-0.4, -0.2) is 5.75 Å². The van der Waals surface area contributed by atoms with Gasteiger partial charge in [0.25, 0.3) is 0 Å². The lowest BCUT2D eigenvalue weighted by atomic mass is 10.1. The van der Waals surface area contributed by atoms with Crippen molar-refractivity contribution in [3.63, 3.8) is 0 Å². The quantitative estimate of drug-likeness (QED) is 0.431. The van der Waals surface area contributed by atoms with E-state index in [0.29, 0.717) is 0 Å². The Labute approximate surface area is 64.4 Å². The maximum Gasteiger partial charge on any atom is -0.00979 e. The van der Waals surface area contributed by atoms with Crippen molar-refractivity contribution in [1.82, 2.24) is 0 Å². The molecule has 0 rings (SSSR count). The van der Waals surface area contributed by atoms with Crippen molar-refractivity contribution >= 4 is 12.6 Å². The average molecular weight is 145 g/mol. The van der Waals surface area contributed by atoms with Crippen LogP contribution in [0.4, 0.5) is 0 Å². The molecular formula is C8H17S. The molecule has 0 N–H and O–H groups in total. The Kier molecular flexibility index (Phi) is 8.67. The van der Waals surface area contributed by atoms with Gasteiger partial charge in [0.2, 0.25) is 0 Å². The van der Waals surface area contributed by atoms with Gasteiger partial charge in [-0.1, -0.05) is 32.6 Å². The minimum absolute atomic E-state index is 1.05. The maximum absolute atomic E-state index is 4.14. The van der Waals surface area contributed by atoms with E-state index in [1.165, 1.54) is 32.1 Å². The summed E-state index contributed by atoms with van der Waals surface area (Å²) in [5.41, 5.74) is 0. The van der Waals surface area contributed by atoms with Crippen LogP contribution in [0.3, 0.4) is 0 Å². The molecule has 55 valence electrons. The highest BCUT2D eigenvalue weighted by Gasteiger charge is 1.86. The fraction of sp³-hybridized carbons (Fsp3) is 0.875. The van der Waals surface area contributed by atoms with Crippen molar-refractivity contribution in [3.8, 4) is 0 Å². The van der Waals surface area contributed by atoms with Crippen LogP contribution in [0.15, 0.2) is 0 Å². The summed E-state index contributed by atoms with van der Waals surface area (Å²) < 4.78 is 0. The van der Waals surface area contributed by atoms with Gasteiger partial charge in [-0.3, -0.25) is 0 Å². The molecule has 0 nitrogen and oxygen atoms in total. The molecular weight excluding hydrogens is 128 g/mol. The van der Waals surface area contributed by atoms with Crippen molar-refractivity contribution in [2.75, 3.05) is 5.75 Å². The first kappa shape index (κ1) is 9.35. The third-order valence-corrected chi connectivity index (χ3v) is 1.72. The SMILES string of the molecule is C[CH]CCCCCCS. The standard InChI is InChI=1S/C8H17S/c1-2-3-4-5-6-7-8-9/h2,9H,3-8H2,1H3. The molecule has 0 atom stereocenters. The summed E-state index contributed by atoms with van der Waals surface area (Å²) in [6.07, 6.45) is 8.91. The van der Waals surface area contributed by atoms with E-state index in [1.807, 2.05) is 0 Å². The molecule has 0 aromatic carbocycles. The highest BCUT2D eigenvalue weighted by molar-refractivity contribution is 7.80. The van der Waals surface area contributed by atoms with Gasteiger partial charge in [0, 0.05) is 0 Å². The number of rotatable bonds is 6. The molecule has 0 aliphatic rings. The Hall–Kier alpha value is 0.350. The summed E-state index contributed by atoms with van der Waals surface area (Å²) in [5.74, 6) is 1.05. The summed E-state index contributed by atoms with van der Waals surface area (Å²) in [4.78, 5) is 0. The first-order valence-corrected chi connectivity index (χ1v) is 4.43. The van der Waals surface area contributed by atoms with Crippen LogP contribution >= 0.6 is 12.6 Å². The van der Waals surface area contributed by atoms with E-state index >= 15 is 0 Å². The molecule has 0 saturated carbocycles.